The number of carbonyl (C=O) groups is 2. The van der Waals surface area contributed by atoms with Crippen LogP contribution in [0.5, 0.6) is 0 Å². The minimum Gasteiger partial charge on any atom is -0.340 e. The van der Waals surface area contributed by atoms with Gasteiger partial charge in [0.1, 0.15) is 6.04 Å². The van der Waals surface area contributed by atoms with Crippen LogP contribution in [0.15, 0.2) is 15.9 Å². The zero-order valence-corrected chi connectivity index (χ0v) is 14.6. The van der Waals surface area contributed by atoms with Crippen LogP contribution in [0, 0.1) is 17.2 Å². The van der Waals surface area contributed by atoms with E-state index in [1.165, 1.54) is 11.3 Å². The Labute approximate surface area is 137 Å². The number of likely N-dealkylation sites (N-methyl/N-ethyl adjacent to an activating group) is 1. The third kappa shape index (κ3) is 5.14. The molecule has 114 valence electrons. The number of hydrogen-bond acceptors (Lipinski definition) is 4. The van der Waals surface area contributed by atoms with E-state index in [1.54, 1.807) is 30.9 Å². The summed E-state index contributed by atoms with van der Waals surface area (Å²) in [5, 5.41) is 11.5. The second-order valence-corrected chi connectivity index (χ2v) is 7.17. The fourth-order valence-corrected chi connectivity index (χ4v) is 3.08. The molecule has 0 bridgehead atoms. The Morgan fingerprint density at radius 1 is 1.48 bits per heavy atom. The summed E-state index contributed by atoms with van der Waals surface area (Å²) in [6.45, 7) is 6.16. The summed E-state index contributed by atoms with van der Waals surface area (Å²) in [6, 6.07) is 4.98. The van der Waals surface area contributed by atoms with Gasteiger partial charge < -0.3 is 10.2 Å². The topological polar surface area (TPSA) is 73.2 Å². The first kappa shape index (κ1) is 17.7. The molecule has 7 heteroatoms. The van der Waals surface area contributed by atoms with Crippen LogP contribution < -0.4 is 5.32 Å². The van der Waals surface area contributed by atoms with E-state index < -0.39 is 6.04 Å². The van der Waals surface area contributed by atoms with Crippen molar-refractivity contribution in [2.24, 2.45) is 5.92 Å². The molecule has 1 N–H and O–H groups in total. The molecule has 0 fully saturated rings. The van der Waals surface area contributed by atoms with Gasteiger partial charge in [-0.15, -0.1) is 11.3 Å². The van der Waals surface area contributed by atoms with Gasteiger partial charge in [-0.2, -0.15) is 5.26 Å². The maximum atomic E-state index is 12.3. The number of nitrogens with zero attached hydrogens (tertiary/aromatic N) is 2. The zero-order valence-electron chi connectivity index (χ0n) is 12.2. The summed E-state index contributed by atoms with van der Waals surface area (Å²) in [7, 11) is 0. The van der Waals surface area contributed by atoms with Gasteiger partial charge in [0.2, 0.25) is 5.91 Å². The highest BCUT2D eigenvalue weighted by Crippen LogP contribution is 2.21. The van der Waals surface area contributed by atoms with Gasteiger partial charge in [0, 0.05) is 13.1 Å². The molecule has 0 aliphatic heterocycles. The first-order valence-electron chi connectivity index (χ1n) is 6.63. The molecule has 0 saturated carbocycles. The number of hydrogen-bond donors (Lipinski definition) is 1. The van der Waals surface area contributed by atoms with Crippen molar-refractivity contribution in [3.63, 3.8) is 0 Å². The van der Waals surface area contributed by atoms with Gasteiger partial charge in [-0.25, -0.2) is 0 Å². The van der Waals surface area contributed by atoms with Crippen molar-refractivity contribution in [3.05, 3.63) is 20.8 Å². The Hall–Kier alpha value is -1.39. The maximum absolute atomic E-state index is 12.3. The highest BCUT2D eigenvalue weighted by Gasteiger charge is 2.23. The fourth-order valence-electron chi connectivity index (χ4n) is 1.79. The summed E-state index contributed by atoms with van der Waals surface area (Å²) in [6.07, 6.45) is 0. The zero-order chi connectivity index (χ0) is 16.0. The van der Waals surface area contributed by atoms with Gasteiger partial charge in [-0.1, -0.05) is 0 Å². The molecule has 1 aromatic rings. The van der Waals surface area contributed by atoms with E-state index in [0.29, 0.717) is 18.0 Å². The minimum absolute atomic E-state index is 0.177. The van der Waals surface area contributed by atoms with Crippen LogP contribution in [0.3, 0.4) is 0 Å². The molecule has 0 saturated heterocycles. The molecule has 1 aromatic heterocycles. The van der Waals surface area contributed by atoms with Crippen LogP contribution in [0.4, 0.5) is 0 Å². The van der Waals surface area contributed by atoms with E-state index in [2.05, 4.69) is 27.3 Å². The molecular formula is C14H18BrN3O2S. The molecular weight excluding hydrogens is 354 g/mol. The number of nitriles is 1. The highest BCUT2D eigenvalue weighted by molar-refractivity contribution is 9.11. The SMILES string of the molecule is CCN(CC(C)C#N)C(=O)C(C)NC(=O)c1ccc(Br)s1. The Kier molecular flexibility index (Phi) is 6.85. The lowest BCUT2D eigenvalue weighted by molar-refractivity contribution is -0.133. The summed E-state index contributed by atoms with van der Waals surface area (Å²) in [5.41, 5.74) is 0. The molecule has 0 aliphatic rings. The van der Waals surface area contributed by atoms with Crippen LogP contribution in [-0.2, 0) is 4.79 Å². The molecule has 1 heterocycles. The van der Waals surface area contributed by atoms with Crippen molar-refractivity contribution < 1.29 is 9.59 Å². The molecule has 5 nitrogen and oxygen atoms in total. The summed E-state index contributed by atoms with van der Waals surface area (Å²) < 4.78 is 0.865. The van der Waals surface area contributed by atoms with E-state index in [-0.39, 0.29) is 17.7 Å². The molecule has 0 aliphatic carbocycles. The molecule has 0 spiro atoms. The van der Waals surface area contributed by atoms with Crippen molar-refractivity contribution in [2.45, 2.75) is 26.8 Å². The minimum atomic E-state index is -0.621. The van der Waals surface area contributed by atoms with E-state index in [4.69, 9.17) is 5.26 Å². The largest absolute Gasteiger partial charge is 0.340 e. The van der Waals surface area contributed by atoms with E-state index in [0.717, 1.165) is 3.79 Å². The second-order valence-electron chi connectivity index (χ2n) is 4.71. The van der Waals surface area contributed by atoms with E-state index >= 15 is 0 Å². The molecule has 21 heavy (non-hydrogen) atoms. The average Bonchev–Trinajstić information content (AvgIpc) is 2.90. The number of rotatable bonds is 6. The number of carbonyl (C=O) groups excluding carboxylic acids is 2. The first-order chi connectivity index (χ1) is 9.88. The van der Waals surface area contributed by atoms with Gasteiger partial charge in [0.05, 0.1) is 20.7 Å². The summed E-state index contributed by atoms with van der Waals surface area (Å²) in [5.74, 6) is -0.676. The van der Waals surface area contributed by atoms with Gasteiger partial charge in [-0.3, -0.25) is 9.59 Å². The predicted octanol–water partition coefficient (Wildman–Crippen LogP) is 2.64. The van der Waals surface area contributed by atoms with Crippen molar-refractivity contribution >= 4 is 39.1 Å². The van der Waals surface area contributed by atoms with Crippen molar-refractivity contribution in [1.29, 1.82) is 5.26 Å². The number of halogens is 1. The maximum Gasteiger partial charge on any atom is 0.262 e. The molecule has 1 rings (SSSR count). The molecule has 2 amide bonds. The quantitative estimate of drug-likeness (QED) is 0.834. The second kappa shape index (κ2) is 8.15. The lowest BCUT2D eigenvalue weighted by Gasteiger charge is -2.25. The molecule has 0 radical (unpaired) electrons. The predicted molar refractivity (Wildman–Crippen MR) is 86.0 cm³/mol. The molecule has 2 atom stereocenters. The average molecular weight is 372 g/mol. The molecule has 2 unspecified atom stereocenters. The third-order valence-corrected chi connectivity index (χ3v) is 4.55. The van der Waals surface area contributed by atoms with Crippen LogP contribution in [0.1, 0.15) is 30.4 Å². The first-order valence-corrected chi connectivity index (χ1v) is 8.24. The number of thiophene rings is 1. The highest BCUT2D eigenvalue weighted by atomic mass is 79.9. The fraction of sp³-hybridized carbons (Fsp3) is 0.500. The van der Waals surface area contributed by atoms with Crippen LogP contribution >= 0.6 is 27.3 Å². The van der Waals surface area contributed by atoms with Crippen molar-refractivity contribution in [3.8, 4) is 6.07 Å². The standard InChI is InChI=1S/C14H18BrN3O2S/c1-4-18(8-9(2)7-16)14(20)10(3)17-13(19)11-5-6-12(15)21-11/h5-6,9-10H,4,8H2,1-3H3,(H,17,19). The van der Waals surface area contributed by atoms with Gasteiger partial charge in [0.15, 0.2) is 0 Å². The monoisotopic (exact) mass is 371 g/mol. The van der Waals surface area contributed by atoms with Crippen LogP contribution in [0.25, 0.3) is 0 Å². The number of nitrogens with one attached hydrogen (secondary N) is 1. The Balaban J connectivity index is 2.64. The number of amides is 2. The van der Waals surface area contributed by atoms with E-state index in [9.17, 15) is 9.59 Å². The smallest absolute Gasteiger partial charge is 0.262 e. The van der Waals surface area contributed by atoms with E-state index in [1.807, 2.05) is 6.92 Å². The van der Waals surface area contributed by atoms with Crippen molar-refractivity contribution in [1.82, 2.24) is 10.2 Å². The van der Waals surface area contributed by atoms with Crippen LogP contribution in [-0.4, -0.2) is 35.8 Å². The van der Waals surface area contributed by atoms with Gasteiger partial charge >= 0.3 is 0 Å². The Morgan fingerprint density at radius 3 is 2.62 bits per heavy atom. The Bertz CT molecular complexity index is 553. The lowest BCUT2D eigenvalue weighted by atomic mass is 10.1. The Morgan fingerprint density at radius 2 is 2.14 bits per heavy atom. The lowest BCUT2D eigenvalue weighted by Crippen LogP contribution is -2.47. The normalized spacial score (nSPS) is 13.1. The third-order valence-electron chi connectivity index (χ3n) is 2.92. The summed E-state index contributed by atoms with van der Waals surface area (Å²) >= 11 is 4.61. The van der Waals surface area contributed by atoms with Crippen LogP contribution in [0.2, 0.25) is 0 Å². The molecule has 0 aromatic carbocycles. The van der Waals surface area contributed by atoms with Crippen molar-refractivity contribution in [2.75, 3.05) is 13.1 Å². The van der Waals surface area contributed by atoms with Gasteiger partial charge in [-0.05, 0) is 48.8 Å². The summed E-state index contributed by atoms with van der Waals surface area (Å²) in [4.78, 5) is 26.4. The van der Waals surface area contributed by atoms with Gasteiger partial charge in [0.25, 0.3) is 5.91 Å².